The van der Waals surface area contributed by atoms with Crippen molar-refractivity contribution in [3.8, 4) is 11.1 Å². The first kappa shape index (κ1) is 12.9. The van der Waals surface area contributed by atoms with Crippen LogP contribution in [0.4, 0.5) is 0 Å². The van der Waals surface area contributed by atoms with E-state index in [-0.39, 0.29) is 5.41 Å². The van der Waals surface area contributed by atoms with Gasteiger partial charge in [-0.1, -0.05) is 59.7 Å². The molecule has 0 nitrogen and oxygen atoms in total. The molecular weight excluding hydrogens is 252 g/mol. The topological polar surface area (TPSA) is 0 Å². The predicted octanol–water partition coefficient (Wildman–Crippen LogP) is 5.70. The van der Waals surface area contributed by atoms with E-state index in [1.54, 1.807) is 11.1 Å². The van der Waals surface area contributed by atoms with Crippen molar-refractivity contribution in [2.75, 3.05) is 0 Å². The minimum absolute atomic E-state index is 0.242. The van der Waals surface area contributed by atoms with Gasteiger partial charge in [-0.3, -0.25) is 0 Å². The van der Waals surface area contributed by atoms with E-state index in [2.05, 4.69) is 62.4 Å². The zero-order chi connectivity index (χ0) is 14.4. The second-order valence-electron chi connectivity index (χ2n) is 6.73. The molecule has 2 aromatic carbocycles. The minimum Gasteiger partial charge on any atom is -0.0885 e. The van der Waals surface area contributed by atoms with Crippen LogP contribution in [0.5, 0.6) is 0 Å². The number of hydrogen-bond acceptors (Lipinski definition) is 0. The first-order valence-corrected chi connectivity index (χ1v) is 8.08. The van der Waals surface area contributed by atoms with E-state index in [0.717, 1.165) is 0 Å². The lowest BCUT2D eigenvalue weighted by Gasteiger charge is -2.31. The Labute approximate surface area is 127 Å². The highest BCUT2D eigenvalue weighted by Gasteiger charge is 2.42. The van der Waals surface area contributed by atoms with Gasteiger partial charge in [-0.25, -0.2) is 0 Å². The quantitative estimate of drug-likeness (QED) is 0.540. The van der Waals surface area contributed by atoms with Crippen LogP contribution in [0.15, 0.2) is 48.6 Å². The van der Waals surface area contributed by atoms with Crippen molar-refractivity contribution in [1.29, 1.82) is 0 Å². The van der Waals surface area contributed by atoms with Gasteiger partial charge in [0.1, 0.15) is 0 Å². The molecule has 0 unspecified atom stereocenters. The Morgan fingerprint density at radius 3 is 1.67 bits per heavy atom. The monoisotopic (exact) mass is 274 g/mol. The number of hydrogen-bond donors (Lipinski definition) is 0. The molecule has 4 rings (SSSR count). The van der Waals surface area contributed by atoms with E-state index in [0.29, 0.717) is 0 Å². The first-order valence-electron chi connectivity index (χ1n) is 8.08. The van der Waals surface area contributed by atoms with Crippen LogP contribution in [0.3, 0.4) is 0 Å². The minimum atomic E-state index is 0.242. The second kappa shape index (κ2) is 4.59. The van der Waals surface area contributed by atoms with Gasteiger partial charge in [0, 0.05) is 5.41 Å². The largest absolute Gasteiger partial charge is 0.0885 e. The molecule has 0 heterocycles. The maximum absolute atomic E-state index is 2.44. The van der Waals surface area contributed by atoms with E-state index in [1.807, 2.05) is 0 Å². The van der Waals surface area contributed by atoms with Gasteiger partial charge in [-0.05, 0) is 61.8 Å². The molecular formula is C21H22. The summed E-state index contributed by atoms with van der Waals surface area (Å²) in [6.07, 6.45) is 9.63. The predicted molar refractivity (Wildman–Crippen MR) is 89.7 cm³/mol. The van der Waals surface area contributed by atoms with Gasteiger partial charge in [0.2, 0.25) is 0 Å². The molecule has 0 heteroatoms. The van der Waals surface area contributed by atoms with Crippen molar-refractivity contribution in [2.45, 2.75) is 44.9 Å². The smallest absolute Gasteiger partial charge is 0.0221 e. The summed E-state index contributed by atoms with van der Waals surface area (Å²) in [7, 11) is 0. The molecule has 0 aromatic heterocycles. The summed E-state index contributed by atoms with van der Waals surface area (Å²) in [6, 6.07) is 14.1. The number of fused-ring (bicyclic) bond motifs is 5. The van der Waals surface area contributed by atoms with Crippen LogP contribution in [0.1, 0.15) is 47.9 Å². The molecule has 1 spiro atoms. The van der Waals surface area contributed by atoms with Crippen molar-refractivity contribution in [3.05, 3.63) is 70.8 Å². The maximum Gasteiger partial charge on any atom is 0.0221 e. The molecule has 0 saturated heterocycles. The third-order valence-electron chi connectivity index (χ3n) is 5.31. The summed E-state index contributed by atoms with van der Waals surface area (Å²) in [5, 5.41) is 0. The van der Waals surface area contributed by atoms with Gasteiger partial charge in [0.15, 0.2) is 0 Å². The van der Waals surface area contributed by atoms with Gasteiger partial charge < -0.3 is 0 Å². The lowest BCUT2D eigenvalue weighted by molar-refractivity contribution is 0.463. The van der Waals surface area contributed by atoms with E-state index < -0.39 is 0 Å². The van der Waals surface area contributed by atoms with Crippen molar-refractivity contribution >= 4 is 0 Å². The molecule has 0 amide bonds. The third kappa shape index (κ3) is 1.82. The highest BCUT2D eigenvalue weighted by atomic mass is 14.4. The molecule has 2 aromatic rings. The molecule has 2 aliphatic rings. The Bertz CT molecular complexity index is 670. The van der Waals surface area contributed by atoms with Gasteiger partial charge >= 0.3 is 0 Å². The lowest BCUT2D eigenvalue weighted by atomic mass is 9.72. The third-order valence-corrected chi connectivity index (χ3v) is 5.31. The summed E-state index contributed by atoms with van der Waals surface area (Å²) >= 11 is 0. The Balaban J connectivity index is 2.02. The van der Waals surface area contributed by atoms with Crippen LogP contribution in [0.2, 0.25) is 0 Å². The average molecular weight is 274 g/mol. The standard InChI is InChI=1S/C21H22/c1-15-7-9-17-18-10-8-16(2)14-20(18)21(19(17)13-15)11-5-3-4-6-12-21/h3-4,7-10,13-14H,5-6,11-12H2,1-2H3. The molecule has 0 bridgehead atoms. The Morgan fingerprint density at radius 1 is 0.714 bits per heavy atom. The fourth-order valence-electron chi connectivity index (χ4n) is 4.28. The summed E-state index contributed by atoms with van der Waals surface area (Å²) in [4.78, 5) is 0. The van der Waals surface area contributed by atoms with Gasteiger partial charge in [-0.15, -0.1) is 0 Å². The lowest BCUT2D eigenvalue weighted by Crippen LogP contribution is -2.24. The van der Waals surface area contributed by atoms with Gasteiger partial charge in [0.25, 0.3) is 0 Å². The summed E-state index contributed by atoms with van der Waals surface area (Å²) in [5.41, 5.74) is 9.10. The second-order valence-corrected chi connectivity index (χ2v) is 6.73. The molecule has 0 saturated carbocycles. The van der Waals surface area contributed by atoms with Crippen molar-refractivity contribution in [2.24, 2.45) is 0 Å². The Kier molecular flexibility index (Phi) is 2.82. The molecule has 2 aliphatic carbocycles. The fraction of sp³-hybridized carbons (Fsp3) is 0.333. The van der Waals surface area contributed by atoms with Crippen molar-refractivity contribution in [1.82, 2.24) is 0 Å². The SMILES string of the molecule is Cc1ccc2c(c1)C1(CCC=CCC1)c1cc(C)ccc1-2. The van der Waals surface area contributed by atoms with Gasteiger partial charge in [0.05, 0.1) is 0 Å². The molecule has 0 aliphatic heterocycles. The highest BCUT2D eigenvalue weighted by molar-refractivity contribution is 5.81. The summed E-state index contributed by atoms with van der Waals surface area (Å²) in [5.74, 6) is 0. The van der Waals surface area contributed by atoms with E-state index in [4.69, 9.17) is 0 Å². The van der Waals surface area contributed by atoms with Crippen LogP contribution in [0, 0.1) is 13.8 Å². The molecule has 21 heavy (non-hydrogen) atoms. The summed E-state index contributed by atoms with van der Waals surface area (Å²) < 4.78 is 0. The Morgan fingerprint density at radius 2 is 1.19 bits per heavy atom. The molecule has 0 N–H and O–H groups in total. The zero-order valence-corrected chi connectivity index (χ0v) is 12.9. The molecule has 106 valence electrons. The number of rotatable bonds is 0. The van der Waals surface area contributed by atoms with E-state index in [9.17, 15) is 0 Å². The fourth-order valence-corrected chi connectivity index (χ4v) is 4.28. The first-order chi connectivity index (χ1) is 10.2. The number of aryl methyl sites for hydroxylation is 2. The zero-order valence-electron chi connectivity index (χ0n) is 12.9. The Hall–Kier alpha value is -1.82. The van der Waals surface area contributed by atoms with Crippen LogP contribution in [-0.4, -0.2) is 0 Å². The van der Waals surface area contributed by atoms with Gasteiger partial charge in [-0.2, -0.15) is 0 Å². The highest BCUT2D eigenvalue weighted by Crippen LogP contribution is 2.54. The average Bonchev–Trinajstić information content (AvgIpc) is 2.65. The number of benzene rings is 2. The van der Waals surface area contributed by atoms with Crippen LogP contribution < -0.4 is 0 Å². The van der Waals surface area contributed by atoms with Crippen molar-refractivity contribution in [3.63, 3.8) is 0 Å². The van der Waals surface area contributed by atoms with Crippen LogP contribution >= 0.6 is 0 Å². The molecule has 0 atom stereocenters. The van der Waals surface area contributed by atoms with Crippen LogP contribution in [-0.2, 0) is 5.41 Å². The van der Waals surface area contributed by atoms with E-state index >= 15 is 0 Å². The van der Waals surface area contributed by atoms with Crippen molar-refractivity contribution < 1.29 is 0 Å². The van der Waals surface area contributed by atoms with Crippen LogP contribution in [0.25, 0.3) is 11.1 Å². The maximum atomic E-state index is 2.44. The molecule has 0 fully saturated rings. The molecule has 0 radical (unpaired) electrons. The van der Waals surface area contributed by atoms with E-state index in [1.165, 1.54) is 47.9 Å². The summed E-state index contributed by atoms with van der Waals surface area (Å²) in [6.45, 7) is 4.44. The normalized spacial score (nSPS) is 18.4. The number of allylic oxidation sites excluding steroid dienone is 2.